The molecule has 0 radical (unpaired) electrons. The van der Waals surface area contributed by atoms with E-state index < -0.39 is 11.5 Å². The number of carbonyl (C=O) groups is 2. The van der Waals surface area contributed by atoms with Gasteiger partial charge in [-0.15, -0.1) is 0 Å². The number of esters is 1. The number of rotatable bonds is 7. The van der Waals surface area contributed by atoms with E-state index in [1.807, 2.05) is 6.92 Å². The topological polar surface area (TPSA) is 124 Å². The van der Waals surface area contributed by atoms with Gasteiger partial charge in [0.2, 0.25) is 11.8 Å². The molecule has 0 spiro atoms. The standard InChI is InChI=1S/C24H24N6O4/c1-6-19(31)27-15-8-7-9-16(10-15)34-20-12-26-22-21(28-20)17(11-25-22)18-13-30(29-14(18)2)24(3,4)23(32)33-5/h6-13H,1H2,2-5H3,(H,25,26)(H,27,31). The van der Waals surface area contributed by atoms with Crippen LogP contribution in [0.15, 0.2) is 55.5 Å². The highest BCUT2D eigenvalue weighted by Gasteiger charge is 2.32. The summed E-state index contributed by atoms with van der Waals surface area (Å²) in [5.41, 5.74) is 3.04. The molecule has 0 bridgehead atoms. The molecule has 10 heteroatoms. The SMILES string of the molecule is C=CC(=O)Nc1cccc(Oc2cnc3[nH]cc(-c4cn(C(C)(C)C(=O)OC)nc4C)c3n2)c1. The third-order valence-corrected chi connectivity index (χ3v) is 5.31. The Bertz CT molecular complexity index is 1400. The van der Waals surface area contributed by atoms with Gasteiger partial charge < -0.3 is 19.8 Å². The summed E-state index contributed by atoms with van der Waals surface area (Å²) >= 11 is 0. The lowest BCUT2D eigenvalue weighted by Crippen LogP contribution is -2.37. The van der Waals surface area contributed by atoms with Gasteiger partial charge >= 0.3 is 5.97 Å². The predicted molar refractivity (Wildman–Crippen MR) is 127 cm³/mol. The van der Waals surface area contributed by atoms with E-state index in [0.29, 0.717) is 22.6 Å². The highest BCUT2D eigenvalue weighted by atomic mass is 16.5. The Morgan fingerprint density at radius 1 is 1.26 bits per heavy atom. The van der Waals surface area contributed by atoms with Gasteiger partial charge in [0.25, 0.3) is 0 Å². The van der Waals surface area contributed by atoms with Crippen LogP contribution in [0.4, 0.5) is 5.69 Å². The van der Waals surface area contributed by atoms with Gasteiger partial charge in [-0.3, -0.25) is 9.48 Å². The number of methoxy groups -OCH3 is 1. The predicted octanol–water partition coefficient (Wildman–Crippen LogP) is 3.95. The molecule has 10 nitrogen and oxygen atoms in total. The Hall–Kier alpha value is -4.47. The zero-order chi connectivity index (χ0) is 24.5. The van der Waals surface area contributed by atoms with Crippen molar-refractivity contribution in [2.45, 2.75) is 26.3 Å². The molecule has 34 heavy (non-hydrogen) atoms. The molecule has 174 valence electrons. The molecule has 2 N–H and O–H groups in total. The van der Waals surface area contributed by atoms with Crippen LogP contribution in [-0.2, 0) is 19.9 Å². The van der Waals surface area contributed by atoms with Gasteiger partial charge in [0.15, 0.2) is 11.2 Å². The molecule has 0 aliphatic heterocycles. The van der Waals surface area contributed by atoms with Crippen molar-refractivity contribution >= 4 is 28.7 Å². The first kappa shape index (κ1) is 22.7. The van der Waals surface area contributed by atoms with Gasteiger partial charge in [0.05, 0.1) is 19.0 Å². The summed E-state index contributed by atoms with van der Waals surface area (Å²) in [4.78, 5) is 35.9. The minimum absolute atomic E-state index is 0.278. The lowest BCUT2D eigenvalue weighted by Gasteiger charge is -2.21. The van der Waals surface area contributed by atoms with Crippen molar-refractivity contribution in [1.29, 1.82) is 0 Å². The number of anilines is 1. The minimum atomic E-state index is -0.976. The van der Waals surface area contributed by atoms with Crippen molar-refractivity contribution in [3.05, 3.63) is 61.2 Å². The van der Waals surface area contributed by atoms with Crippen LogP contribution in [0.5, 0.6) is 11.6 Å². The van der Waals surface area contributed by atoms with Crippen LogP contribution < -0.4 is 10.1 Å². The van der Waals surface area contributed by atoms with Crippen molar-refractivity contribution in [1.82, 2.24) is 24.7 Å². The maximum Gasteiger partial charge on any atom is 0.333 e. The zero-order valence-corrected chi connectivity index (χ0v) is 19.2. The first-order valence-electron chi connectivity index (χ1n) is 10.4. The van der Waals surface area contributed by atoms with Gasteiger partial charge in [0, 0.05) is 35.3 Å². The molecule has 1 aromatic carbocycles. The fraction of sp³-hybridized carbons (Fsp3) is 0.208. The molecule has 3 heterocycles. The number of H-pyrrole nitrogens is 1. The Labute approximate surface area is 195 Å². The quantitative estimate of drug-likeness (QED) is 0.316. The minimum Gasteiger partial charge on any atom is -0.467 e. The van der Waals surface area contributed by atoms with Crippen LogP contribution in [0, 0.1) is 6.92 Å². The third kappa shape index (κ3) is 4.25. The van der Waals surface area contributed by atoms with Crippen LogP contribution in [-0.4, -0.2) is 43.7 Å². The van der Waals surface area contributed by atoms with E-state index in [-0.39, 0.29) is 11.8 Å². The molecular weight excluding hydrogens is 436 g/mol. The summed E-state index contributed by atoms with van der Waals surface area (Å²) in [6.07, 6.45) is 6.28. The van der Waals surface area contributed by atoms with E-state index in [1.54, 1.807) is 55.2 Å². The molecule has 3 aromatic heterocycles. The van der Waals surface area contributed by atoms with E-state index >= 15 is 0 Å². The molecule has 0 saturated heterocycles. The first-order valence-corrected chi connectivity index (χ1v) is 10.4. The number of amides is 1. The normalized spacial score (nSPS) is 11.3. The Morgan fingerprint density at radius 3 is 2.79 bits per heavy atom. The van der Waals surface area contributed by atoms with Crippen molar-refractivity contribution in [2.24, 2.45) is 0 Å². The Morgan fingerprint density at radius 2 is 2.06 bits per heavy atom. The van der Waals surface area contributed by atoms with Crippen molar-refractivity contribution in [3.8, 4) is 22.8 Å². The third-order valence-electron chi connectivity index (χ3n) is 5.31. The first-order chi connectivity index (χ1) is 16.2. The van der Waals surface area contributed by atoms with Crippen LogP contribution in [0.25, 0.3) is 22.3 Å². The summed E-state index contributed by atoms with van der Waals surface area (Å²) in [5, 5.41) is 7.21. The highest BCUT2D eigenvalue weighted by Crippen LogP contribution is 2.32. The maximum atomic E-state index is 12.2. The number of hydrogen-bond donors (Lipinski definition) is 2. The second kappa shape index (κ2) is 8.81. The average Bonchev–Trinajstić information content (AvgIpc) is 3.41. The summed E-state index contributed by atoms with van der Waals surface area (Å²) in [5.74, 6) is 0.0426. The number of aromatic nitrogens is 5. The average molecular weight is 460 g/mol. The van der Waals surface area contributed by atoms with Gasteiger partial charge in [-0.25, -0.2) is 14.8 Å². The number of aromatic amines is 1. The van der Waals surface area contributed by atoms with E-state index in [2.05, 4.69) is 31.9 Å². The van der Waals surface area contributed by atoms with E-state index in [1.165, 1.54) is 19.4 Å². The molecule has 0 atom stereocenters. The summed E-state index contributed by atoms with van der Waals surface area (Å²) < 4.78 is 12.4. The number of nitrogens with one attached hydrogen (secondary N) is 2. The van der Waals surface area contributed by atoms with Gasteiger partial charge in [0.1, 0.15) is 11.3 Å². The van der Waals surface area contributed by atoms with Gasteiger partial charge in [-0.05, 0) is 39.0 Å². The van der Waals surface area contributed by atoms with Gasteiger partial charge in [-0.1, -0.05) is 12.6 Å². The highest BCUT2D eigenvalue weighted by molar-refractivity contribution is 5.99. The number of carbonyl (C=O) groups excluding carboxylic acids is 2. The molecule has 4 rings (SSSR count). The Kier molecular flexibility index (Phi) is 5.89. The molecule has 0 fully saturated rings. The molecule has 4 aromatic rings. The summed E-state index contributed by atoms with van der Waals surface area (Å²) in [6.45, 7) is 8.78. The molecule has 0 unspecified atom stereocenters. The van der Waals surface area contributed by atoms with E-state index in [0.717, 1.165) is 16.8 Å². The second-order valence-corrected chi connectivity index (χ2v) is 8.05. The smallest absolute Gasteiger partial charge is 0.333 e. The van der Waals surface area contributed by atoms with Gasteiger partial charge in [-0.2, -0.15) is 5.10 Å². The molecule has 0 aliphatic carbocycles. The number of nitrogens with zero attached hydrogens (tertiary/aromatic N) is 4. The zero-order valence-electron chi connectivity index (χ0n) is 19.2. The fourth-order valence-electron chi connectivity index (χ4n) is 3.44. The van der Waals surface area contributed by atoms with Crippen LogP contribution in [0.2, 0.25) is 0 Å². The molecule has 1 amide bonds. The number of hydrogen-bond acceptors (Lipinski definition) is 7. The van der Waals surface area contributed by atoms with E-state index in [4.69, 9.17) is 9.47 Å². The fourth-order valence-corrected chi connectivity index (χ4v) is 3.44. The van der Waals surface area contributed by atoms with Crippen molar-refractivity contribution in [2.75, 3.05) is 12.4 Å². The maximum absolute atomic E-state index is 12.2. The molecule has 0 aliphatic rings. The Balaban J connectivity index is 1.67. The van der Waals surface area contributed by atoms with Crippen molar-refractivity contribution < 1.29 is 19.1 Å². The van der Waals surface area contributed by atoms with E-state index in [9.17, 15) is 9.59 Å². The lowest BCUT2D eigenvalue weighted by atomic mass is 10.1. The second-order valence-electron chi connectivity index (χ2n) is 8.05. The van der Waals surface area contributed by atoms with Crippen LogP contribution in [0.3, 0.4) is 0 Å². The summed E-state index contributed by atoms with van der Waals surface area (Å²) in [6, 6.07) is 6.91. The number of ether oxygens (including phenoxy) is 2. The summed E-state index contributed by atoms with van der Waals surface area (Å²) in [7, 11) is 1.35. The van der Waals surface area contributed by atoms with Crippen LogP contribution >= 0.6 is 0 Å². The van der Waals surface area contributed by atoms with Crippen LogP contribution in [0.1, 0.15) is 19.5 Å². The lowest BCUT2D eigenvalue weighted by molar-refractivity contribution is -0.150. The monoisotopic (exact) mass is 460 g/mol. The number of fused-ring (bicyclic) bond motifs is 1. The number of benzene rings is 1. The largest absolute Gasteiger partial charge is 0.467 e. The van der Waals surface area contributed by atoms with Crippen molar-refractivity contribution in [3.63, 3.8) is 0 Å². The molecular formula is C24H24N6O4. The number of aryl methyl sites for hydroxylation is 1. The molecule has 0 saturated carbocycles.